The lowest BCUT2D eigenvalue weighted by Crippen LogP contribution is -2.59. The molecule has 18 heavy (non-hydrogen) atoms. The van der Waals surface area contributed by atoms with Crippen LogP contribution in [-0.4, -0.2) is 36.9 Å². The summed E-state index contributed by atoms with van der Waals surface area (Å²) >= 11 is 0. The molecule has 0 aliphatic heterocycles. The van der Waals surface area contributed by atoms with Crippen molar-refractivity contribution in [3.63, 3.8) is 0 Å². The van der Waals surface area contributed by atoms with Gasteiger partial charge in [-0.15, -0.1) is 0 Å². The highest BCUT2D eigenvalue weighted by atomic mass is 16.5. The molecule has 1 aromatic rings. The third-order valence-corrected chi connectivity index (χ3v) is 3.38. The molecule has 1 fully saturated rings. The molecule has 1 saturated carbocycles. The summed E-state index contributed by atoms with van der Waals surface area (Å²) < 4.78 is 10.4. The first-order valence-electron chi connectivity index (χ1n) is 5.79. The van der Waals surface area contributed by atoms with Gasteiger partial charge in [-0.05, 0) is 12.1 Å². The number of ether oxygens (including phenoxy) is 2. The van der Waals surface area contributed by atoms with Crippen molar-refractivity contribution in [2.75, 3.05) is 19.5 Å². The molecule has 0 aromatic heterocycles. The Morgan fingerprint density at radius 2 is 2.06 bits per heavy atom. The molecule has 0 amide bonds. The van der Waals surface area contributed by atoms with Gasteiger partial charge in [0.1, 0.15) is 11.3 Å². The van der Waals surface area contributed by atoms with Gasteiger partial charge in [-0.25, -0.2) is 4.79 Å². The van der Waals surface area contributed by atoms with Gasteiger partial charge in [0.25, 0.3) is 0 Å². The van der Waals surface area contributed by atoms with Crippen LogP contribution in [-0.2, 0) is 9.53 Å². The summed E-state index contributed by atoms with van der Waals surface area (Å²) in [6.07, 6.45) is 0.914. The number of hydrogen-bond donors (Lipinski definition) is 2. The van der Waals surface area contributed by atoms with E-state index >= 15 is 0 Å². The van der Waals surface area contributed by atoms with E-state index in [2.05, 4.69) is 5.32 Å². The number of carboxylic acid groups (broad SMARTS) is 1. The molecular weight excluding hydrogens is 234 g/mol. The van der Waals surface area contributed by atoms with E-state index in [1.54, 1.807) is 20.3 Å². The normalized spacial score (nSPS) is 26.2. The van der Waals surface area contributed by atoms with Gasteiger partial charge in [0.2, 0.25) is 0 Å². The molecule has 0 bridgehead atoms. The van der Waals surface area contributed by atoms with Crippen molar-refractivity contribution in [2.45, 2.75) is 24.5 Å². The van der Waals surface area contributed by atoms with Crippen LogP contribution in [0.25, 0.3) is 0 Å². The Labute approximate surface area is 106 Å². The fraction of sp³-hybridized carbons (Fsp3) is 0.462. The average molecular weight is 251 g/mol. The van der Waals surface area contributed by atoms with Crippen LogP contribution >= 0.6 is 0 Å². The van der Waals surface area contributed by atoms with Crippen molar-refractivity contribution in [1.82, 2.24) is 0 Å². The number of rotatable bonds is 5. The molecule has 98 valence electrons. The lowest BCUT2D eigenvalue weighted by molar-refractivity contribution is -0.151. The third kappa shape index (κ3) is 2.13. The topological polar surface area (TPSA) is 67.8 Å². The van der Waals surface area contributed by atoms with Crippen molar-refractivity contribution in [2.24, 2.45) is 0 Å². The van der Waals surface area contributed by atoms with Gasteiger partial charge < -0.3 is 19.9 Å². The van der Waals surface area contributed by atoms with Crippen LogP contribution in [0.4, 0.5) is 5.69 Å². The number of para-hydroxylation sites is 2. The van der Waals surface area contributed by atoms with Crippen molar-refractivity contribution in [3.8, 4) is 5.75 Å². The zero-order valence-corrected chi connectivity index (χ0v) is 10.5. The Kier molecular flexibility index (Phi) is 3.43. The first-order valence-corrected chi connectivity index (χ1v) is 5.79. The minimum absolute atomic E-state index is 0.00306. The van der Waals surface area contributed by atoms with E-state index in [-0.39, 0.29) is 6.10 Å². The van der Waals surface area contributed by atoms with Crippen LogP contribution in [0.1, 0.15) is 12.8 Å². The lowest BCUT2D eigenvalue weighted by Gasteiger charge is -2.44. The number of benzene rings is 1. The summed E-state index contributed by atoms with van der Waals surface area (Å²) in [5.41, 5.74) is -0.257. The predicted octanol–water partition coefficient (Wildman–Crippen LogP) is 1.74. The highest BCUT2D eigenvalue weighted by Crippen LogP contribution is 2.39. The quantitative estimate of drug-likeness (QED) is 0.834. The predicted molar refractivity (Wildman–Crippen MR) is 67.0 cm³/mol. The van der Waals surface area contributed by atoms with E-state index in [4.69, 9.17) is 9.47 Å². The van der Waals surface area contributed by atoms with Gasteiger partial charge in [-0.2, -0.15) is 0 Å². The number of methoxy groups -OCH3 is 2. The van der Waals surface area contributed by atoms with Crippen LogP contribution < -0.4 is 10.1 Å². The number of carboxylic acids is 1. The van der Waals surface area contributed by atoms with Crippen molar-refractivity contribution in [3.05, 3.63) is 24.3 Å². The van der Waals surface area contributed by atoms with Gasteiger partial charge in [0.05, 0.1) is 18.9 Å². The van der Waals surface area contributed by atoms with Gasteiger partial charge >= 0.3 is 5.97 Å². The average Bonchev–Trinajstić information content (AvgIpc) is 2.33. The Bertz CT molecular complexity index is 440. The molecule has 5 heteroatoms. The lowest BCUT2D eigenvalue weighted by atomic mass is 9.74. The molecule has 1 aromatic carbocycles. The molecule has 0 radical (unpaired) electrons. The summed E-state index contributed by atoms with van der Waals surface area (Å²) in [4.78, 5) is 11.4. The molecule has 0 spiro atoms. The molecule has 1 aliphatic rings. The smallest absolute Gasteiger partial charge is 0.329 e. The minimum atomic E-state index is -0.949. The second kappa shape index (κ2) is 4.86. The Morgan fingerprint density at radius 3 is 2.61 bits per heavy atom. The van der Waals surface area contributed by atoms with Crippen molar-refractivity contribution in [1.29, 1.82) is 0 Å². The highest BCUT2D eigenvalue weighted by molar-refractivity contribution is 5.85. The summed E-state index contributed by atoms with van der Waals surface area (Å²) in [7, 11) is 3.16. The standard InChI is InChI=1S/C13H17NO4/c1-17-9-7-13(8-9,12(15)16)14-10-5-3-4-6-11(10)18-2/h3-6,9,14H,7-8H2,1-2H3,(H,15,16). The molecule has 0 heterocycles. The van der Waals surface area contributed by atoms with E-state index in [9.17, 15) is 9.90 Å². The maximum Gasteiger partial charge on any atom is 0.329 e. The Hall–Kier alpha value is -1.75. The highest BCUT2D eigenvalue weighted by Gasteiger charge is 2.51. The van der Waals surface area contributed by atoms with Crippen LogP contribution in [0.2, 0.25) is 0 Å². The molecule has 0 atom stereocenters. The summed E-state index contributed by atoms with van der Waals surface area (Å²) in [6, 6.07) is 7.29. The molecular formula is C13H17NO4. The number of hydrogen-bond acceptors (Lipinski definition) is 4. The monoisotopic (exact) mass is 251 g/mol. The maximum absolute atomic E-state index is 11.4. The van der Waals surface area contributed by atoms with E-state index in [1.165, 1.54) is 0 Å². The summed E-state index contributed by atoms with van der Waals surface area (Å²) in [6.45, 7) is 0. The second-order valence-electron chi connectivity index (χ2n) is 4.48. The van der Waals surface area contributed by atoms with Gasteiger partial charge in [-0.1, -0.05) is 12.1 Å². The SMILES string of the molecule is COc1ccccc1NC1(C(=O)O)CC(OC)C1. The Morgan fingerprint density at radius 1 is 1.39 bits per heavy atom. The molecule has 0 unspecified atom stereocenters. The van der Waals surface area contributed by atoms with Crippen LogP contribution in [0.3, 0.4) is 0 Å². The molecule has 2 rings (SSSR count). The number of aliphatic carboxylic acids is 1. The third-order valence-electron chi connectivity index (χ3n) is 3.38. The van der Waals surface area contributed by atoms with Gasteiger partial charge in [0.15, 0.2) is 0 Å². The largest absolute Gasteiger partial charge is 0.495 e. The van der Waals surface area contributed by atoms with E-state index in [0.717, 1.165) is 0 Å². The maximum atomic E-state index is 11.4. The fourth-order valence-electron chi connectivity index (χ4n) is 2.22. The summed E-state index contributed by atoms with van der Waals surface area (Å²) in [5.74, 6) is -0.222. The van der Waals surface area contributed by atoms with Crippen LogP contribution in [0.5, 0.6) is 5.75 Å². The first kappa shape index (κ1) is 12.7. The second-order valence-corrected chi connectivity index (χ2v) is 4.48. The zero-order valence-electron chi connectivity index (χ0n) is 10.5. The van der Waals surface area contributed by atoms with Gasteiger partial charge in [-0.3, -0.25) is 0 Å². The van der Waals surface area contributed by atoms with Crippen LogP contribution in [0.15, 0.2) is 24.3 Å². The summed E-state index contributed by atoms with van der Waals surface area (Å²) in [5, 5.41) is 12.4. The van der Waals surface area contributed by atoms with Gasteiger partial charge in [0, 0.05) is 20.0 Å². The number of carbonyl (C=O) groups is 1. The zero-order chi connectivity index (χ0) is 13.2. The molecule has 2 N–H and O–H groups in total. The van der Waals surface area contributed by atoms with E-state index in [0.29, 0.717) is 24.3 Å². The van der Waals surface area contributed by atoms with E-state index < -0.39 is 11.5 Å². The van der Waals surface area contributed by atoms with Crippen molar-refractivity contribution < 1.29 is 19.4 Å². The van der Waals surface area contributed by atoms with Crippen LogP contribution in [0, 0.1) is 0 Å². The number of anilines is 1. The van der Waals surface area contributed by atoms with Crippen molar-refractivity contribution >= 4 is 11.7 Å². The minimum Gasteiger partial charge on any atom is -0.495 e. The molecule has 0 saturated heterocycles. The van der Waals surface area contributed by atoms with E-state index in [1.807, 2.05) is 18.2 Å². The number of nitrogens with one attached hydrogen (secondary N) is 1. The molecule has 1 aliphatic carbocycles. The first-order chi connectivity index (χ1) is 8.61. The fourth-order valence-corrected chi connectivity index (χ4v) is 2.22. The Balaban J connectivity index is 2.18. The molecule has 5 nitrogen and oxygen atoms in total.